The number of urea groups is 1. The third-order valence-electron chi connectivity index (χ3n) is 3.27. The minimum atomic E-state index is -0.316. The topological polar surface area (TPSA) is 74.3 Å². The molecule has 1 heterocycles. The summed E-state index contributed by atoms with van der Waals surface area (Å²) in [6.45, 7) is 0.532. The van der Waals surface area contributed by atoms with Crippen LogP contribution in [0.2, 0.25) is 0 Å². The highest BCUT2D eigenvalue weighted by atomic mass is 19.1. The number of amides is 3. The highest BCUT2D eigenvalue weighted by Gasteiger charge is 2.08. The van der Waals surface area contributed by atoms with Gasteiger partial charge in [-0.3, -0.25) is 9.78 Å². The summed E-state index contributed by atoms with van der Waals surface area (Å²) in [5, 5.41) is 5.45. The highest BCUT2D eigenvalue weighted by Crippen LogP contribution is 2.05. The molecule has 7 heteroatoms. The first-order valence-electron chi connectivity index (χ1n) is 7.38. The molecule has 0 aliphatic rings. The molecular formula is C17H19FN4O2. The normalized spacial score (nSPS) is 10.1. The molecule has 2 aromatic rings. The SMILES string of the molecule is CN(C)C(=O)NCc1cc(C(=O)NCc2ccc(F)cc2)ccn1. The Morgan fingerprint density at radius 1 is 1.08 bits per heavy atom. The summed E-state index contributed by atoms with van der Waals surface area (Å²) in [5.74, 6) is -0.578. The average molecular weight is 330 g/mol. The average Bonchev–Trinajstić information content (AvgIpc) is 2.59. The van der Waals surface area contributed by atoms with Gasteiger partial charge in [-0.25, -0.2) is 9.18 Å². The van der Waals surface area contributed by atoms with E-state index in [-0.39, 0.29) is 24.3 Å². The van der Waals surface area contributed by atoms with Crippen LogP contribution in [0, 0.1) is 5.82 Å². The van der Waals surface area contributed by atoms with Crippen LogP contribution in [0.25, 0.3) is 0 Å². The molecule has 24 heavy (non-hydrogen) atoms. The van der Waals surface area contributed by atoms with Gasteiger partial charge in [-0.15, -0.1) is 0 Å². The lowest BCUT2D eigenvalue weighted by molar-refractivity contribution is 0.0950. The number of rotatable bonds is 5. The van der Waals surface area contributed by atoms with Gasteiger partial charge in [0.25, 0.3) is 5.91 Å². The number of carbonyl (C=O) groups excluding carboxylic acids is 2. The second-order valence-electron chi connectivity index (χ2n) is 5.40. The maximum atomic E-state index is 12.8. The predicted molar refractivity (Wildman–Crippen MR) is 87.7 cm³/mol. The summed E-state index contributed by atoms with van der Waals surface area (Å²) in [4.78, 5) is 29.2. The van der Waals surface area contributed by atoms with Crippen molar-refractivity contribution in [3.8, 4) is 0 Å². The van der Waals surface area contributed by atoms with E-state index in [4.69, 9.17) is 0 Å². The minimum absolute atomic E-state index is 0.232. The van der Waals surface area contributed by atoms with Crippen molar-refractivity contribution in [2.75, 3.05) is 14.1 Å². The van der Waals surface area contributed by atoms with Gasteiger partial charge in [-0.1, -0.05) is 12.1 Å². The first-order valence-corrected chi connectivity index (χ1v) is 7.38. The van der Waals surface area contributed by atoms with Gasteiger partial charge >= 0.3 is 6.03 Å². The van der Waals surface area contributed by atoms with Crippen LogP contribution in [-0.4, -0.2) is 35.9 Å². The molecule has 2 N–H and O–H groups in total. The molecule has 0 atom stereocenters. The maximum absolute atomic E-state index is 12.8. The van der Waals surface area contributed by atoms with Gasteiger partial charge in [0.05, 0.1) is 12.2 Å². The van der Waals surface area contributed by atoms with Gasteiger partial charge in [0.2, 0.25) is 0 Å². The molecule has 0 bridgehead atoms. The predicted octanol–water partition coefficient (Wildman–Crippen LogP) is 1.92. The van der Waals surface area contributed by atoms with Crippen molar-refractivity contribution in [3.63, 3.8) is 0 Å². The number of nitrogens with one attached hydrogen (secondary N) is 2. The highest BCUT2D eigenvalue weighted by molar-refractivity contribution is 5.94. The smallest absolute Gasteiger partial charge is 0.317 e. The molecule has 0 saturated carbocycles. The maximum Gasteiger partial charge on any atom is 0.317 e. The van der Waals surface area contributed by atoms with Crippen molar-refractivity contribution in [3.05, 3.63) is 65.2 Å². The molecular weight excluding hydrogens is 311 g/mol. The molecule has 0 spiro atoms. The minimum Gasteiger partial charge on any atom is -0.348 e. The zero-order valence-corrected chi connectivity index (χ0v) is 13.5. The Morgan fingerprint density at radius 2 is 1.79 bits per heavy atom. The molecule has 0 unspecified atom stereocenters. The number of pyridine rings is 1. The molecule has 126 valence electrons. The lowest BCUT2D eigenvalue weighted by atomic mass is 10.2. The van der Waals surface area contributed by atoms with E-state index in [1.54, 1.807) is 38.4 Å². The number of halogens is 1. The Hall–Kier alpha value is -2.96. The van der Waals surface area contributed by atoms with E-state index in [1.807, 2.05) is 0 Å². The van der Waals surface area contributed by atoms with Crippen molar-refractivity contribution in [2.45, 2.75) is 13.1 Å². The van der Waals surface area contributed by atoms with Crippen molar-refractivity contribution < 1.29 is 14.0 Å². The van der Waals surface area contributed by atoms with Crippen LogP contribution < -0.4 is 10.6 Å². The van der Waals surface area contributed by atoms with E-state index in [0.29, 0.717) is 17.8 Å². The lowest BCUT2D eigenvalue weighted by Crippen LogP contribution is -2.34. The monoisotopic (exact) mass is 330 g/mol. The summed E-state index contributed by atoms with van der Waals surface area (Å²) < 4.78 is 12.8. The van der Waals surface area contributed by atoms with E-state index in [1.165, 1.54) is 23.2 Å². The Kier molecular flexibility index (Phi) is 5.83. The van der Waals surface area contributed by atoms with Crippen LogP contribution in [-0.2, 0) is 13.1 Å². The Morgan fingerprint density at radius 3 is 2.46 bits per heavy atom. The number of nitrogens with zero attached hydrogens (tertiary/aromatic N) is 2. The third-order valence-corrected chi connectivity index (χ3v) is 3.27. The number of benzene rings is 1. The van der Waals surface area contributed by atoms with Crippen molar-refractivity contribution in [2.24, 2.45) is 0 Å². The van der Waals surface area contributed by atoms with Crippen LogP contribution in [0.15, 0.2) is 42.6 Å². The zero-order chi connectivity index (χ0) is 17.5. The van der Waals surface area contributed by atoms with Crippen molar-refractivity contribution >= 4 is 11.9 Å². The fraction of sp³-hybridized carbons (Fsp3) is 0.235. The fourth-order valence-corrected chi connectivity index (χ4v) is 1.93. The van der Waals surface area contributed by atoms with Crippen LogP contribution in [0.5, 0.6) is 0 Å². The van der Waals surface area contributed by atoms with E-state index >= 15 is 0 Å². The Balaban J connectivity index is 1.93. The number of carbonyl (C=O) groups is 2. The van der Waals surface area contributed by atoms with Crippen LogP contribution in [0.1, 0.15) is 21.6 Å². The lowest BCUT2D eigenvalue weighted by Gasteiger charge is -2.12. The van der Waals surface area contributed by atoms with Crippen LogP contribution >= 0.6 is 0 Å². The van der Waals surface area contributed by atoms with Crippen LogP contribution in [0.3, 0.4) is 0 Å². The zero-order valence-electron chi connectivity index (χ0n) is 13.5. The standard InChI is InChI=1S/C17H19FN4O2/c1-22(2)17(24)21-11-15-9-13(7-8-19-15)16(23)20-10-12-3-5-14(18)6-4-12/h3-9H,10-11H2,1-2H3,(H,20,23)(H,21,24). The summed E-state index contributed by atoms with van der Waals surface area (Å²) in [6, 6.07) is 8.91. The fourth-order valence-electron chi connectivity index (χ4n) is 1.93. The number of hydrogen-bond acceptors (Lipinski definition) is 3. The summed E-state index contributed by atoms with van der Waals surface area (Å²) in [6.07, 6.45) is 1.52. The molecule has 0 aliphatic heterocycles. The molecule has 2 rings (SSSR count). The molecule has 0 fully saturated rings. The van der Waals surface area contributed by atoms with E-state index < -0.39 is 0 Å². The number of aromatic nitrogens is 1. The molecule has 6 nitrogen and oxygen atoms in total. The molecule has 1 aromatic heterocycles. The first-order chi connectivity index (χ1) is 11.5. The van der Waals surface area contributed by atoms with Gasteiger partial charge in [0.15, 0.2) is 0 Å². The van der Waals surface area contributed by atoms with Gasteiger partial charge in [-0.05, 0) is 29.8 Å². The van der Waals surface area contributed by atoms with Gasteiger partial charge in [0.1, 0.15) is 5.82 Å². The Bertz CT molecular complexity index is 717. The number of hydrogen-bond donors (Lipinski definition) is 2. The van der Waals surface area contributed by atoms with Crippen LogP contribution in [0.4, 0.5) is 9.18 Å². The second kappa shape index (κ2) is 8.05. The van der Waals surface area contributed by atoms with Gasteiger partial charge < -0.3 is 15.5 Å². The first kappa shape index (κ1) is 17.4. The third kappa shape index (κ3) is 5.05. The molecule has 0 saturated heterocycles. The molecule has 0 radical (unpaired) electrons. The van der Waals surface area contributed by atoms with Gasteiger partial charge in [-0.2, -0.15) is 0 Å². The molecule has 0 aliphatic carbocycles. The molecule has 3 amide bonds. The summed E-state index contributed by atoms with van der Waals surface area (Å²) in [5.41, 5.74) is 1.83. The largest absolute Gasteiger partial charge is 0.348 e. The second-order valence-corrected chi connectivity index (χ2v) is 5.40. The van der Waals surface area contributed by atoms with E-state index in [2.05, 4.69) is 15.6 Å². The van der Waals surface area contributed by atoms with Crippen molar-refractivity contribution in [1.82, 2.24) is 20.5 Å². The summed E-state index contributed by atoms with van der Waals surface area (Å²) >= 11 is 0. The Labute approximate surface area is 139 Å². The van der Waals surface area contributed by atoms with E-state index in [0.717, 1.165) is 5.56 Å². The molecule has 1 aromatic carbocycles. The van der Waals surface area contributed by atoms with Gasteiger partial charge in [0, 0.05) is 32.4 Å². The quantitative estimate of drug-likeness (QED) is 0.879. The van der Waals surface area contributed by atoms with E-state index in [9.17, 15) is 14.0 Å². The summed E-state index contributed by atoms with van der Waals surface area (Å²) in [7, 11) is 3.28. The van der Waals surface area contributed by atoms with Crippen molar-refractivity contribution in [1.29, 1.82) is 0 Å².